The second-order valence-electron chi connectivity index (χ2n) is 6.38. The number of sulfone groups is 1. The van der Waals surface area contributed by atoms with E-state index in [1.165, 1.54) is 6.92 Å². The van der Waals surface area contributed by atoms with Gasteiger partial charge in [-0.3, -0.25) is 0 Å². The summed E-state index contributed by atoms with van der Waals surface area (Å²) in [7, 11) is -4.22. The van der Waals surface area contributed by atoms with Crippen LogP contribution in [0.2, 0.25) is 0 Å². The van der Waals surface area contributed by atoms with Gasteiger partial charge in [0, 0.05) is 6.20 Å². The largest absolute Gasteiger partial charge is 0.470 e. The molecule has 0 fully saturated rings. The van der Waals surface area contributed by atoms with E-state index in [-0.39, 0.29) is 4.52 Å². The first-order valence-corrected chi connectivity index (χ1v) is 10.3. The minimum atomic E-state index is -5.87. The Bertz CT molecular complexity index is 1270. The highest BCUT2D eigenvalue weighted by molar-refractivity contribution is 7.91. The van der Waals surface area contributed by atoms with E-state index < -0.39 is 74.0 Å². The molecule has 180 valence electrons. The van der Waals surface area contributed by atoms with E-state index in [4.69, 9.17) is 0 Å². The lowest BCUT2D eigenvalue weighted by Gasteiger charge is -2.19. The topological polar surface area (TPSA) is 99.3 Å². The van der Waals surface area contributed by atoms with Gasteiger partial charge in [0.05, 0.1) is 29.4 Å². The standard InChI is InChI=1S/C16H11F8N5O3S/c1-2-33(30,31)13-11(12-25-4-3-9(15(19,20)21)29(12)28-13)8-5-27-10(6-26-8)32-7-14(17,18)16(22,23)24/h3-6H,2,7H2,1H3. The molecule has 0 aliphatic heterocycles. The van der Waals surface area contributed by atoms with Gasteiger partial charge in [0.15, 0.2) is 27.1 Å². The zero-order valence-corrected chi connectivity index (χ0v) is 16.9. The Morgan fingerprint density at radius 1 is 1.00 bits per heavy atom. The molecule has 0 aliphatic rings. The van der Waals surface area contributed by atoms with Gasteiger partial charge in [0.2, 0.25) is 5.88 Å². The molecule has 0 radical (unpaired) electrons. The van der Waals surface area contributed by atoms with Crippen molar-refractivity contribution in [3.8, 4) is 17.1 Å². The normalized spacial score (nSPS) is 13.5. The van der Waals surface area contributed by atoms with Crippen molar-refractivity contribution in [1.29, 1.82) is 0 Å². The molecule has 3 heterocycles. The number of rotatable bonds is 6. The van der Waals surface area contributed by atoms with Crippen molar-refractivity contribution >= 4 is 15.5 Å². The van der Waals surface area contributed by atoms with E-state index >= 15 is 0 Å². The molecule has 0 saturated heterocycles. The fraction of sp³-hybridized carbons (Fsp3) is 0.375. The first-order chi connectivity index (χ1) is 15.1. The van der Waals surface area contributed by atoms with Crippen LogP contribution in [0.3, 0.4) is 0 Å². The van der Waals surface area contributed by atoms with Gasteiger partial charge in [-0.2, -0.15) is 40.2 Å². The van der Waals surface area contributed by atoms with Gasteiger partial charge >= 0.3 is 18.3 Å². The van der Waals surface area contributed by atoms with Crippen molar-refractivity contribution in [3.05, 3.63) is 30.4 Å². The van der Waals surface area contributed by atoms with Crippen molar-refractivity contribution in [1.82, 2.24) is 24.6 Å². The predicted octanol–water partition coefficient (Wildman–Crippen LogP) is 3.58. The van der Waals surface area contributed by atoms with Crippen molar-refractivity contribution in [2.24, 2.45) is 0 Å². The summed E-state index contributed by atoms with van der Waals surface area (Å²) in [6.45, 7) is -0.891. The summed E-state index contributed by atoms with van der Waals surface area (Å²) in [5.74, 6) is -6.51. The molecule has 0 unspecified atom stereocenters. The lowest BCUT2D eigenvalue weighted by molar-refractivity contribution is -0.290. The van der Waals surface area contributed by atoms with Gasteiger partial charge in [0.25, 0.3) is 0 Å². The lowest BCUT2D eigenvalue weighted by atomic mass is 10.2. The van der Waals surface area contributed by atoms with Crippen LogP contribution in [0.4, 0.5) is 35.1 Å². The highest BCUT2D eigenvalue weighted by Gasteiger charge is 2.58. The Hall–Kier alpha value is -3.11. The second kappa shape index (κ2) is 8.03. The SMILES string of the molecule is CCS(=O)(=O)c1nn2c(C(F)(F)F)ccnc2c1-c1cnc(OCC(F)(F)C(F)(F)F)cn1. The number of alkyl halides is 8. The van der Waals surface area contributed by atoms with Gasteiger partial charge in [-0.15, -0.1) is 0 Å². The van der Waals surface area contributed by atoms with Crippen molar-refractivity contribution in [2.45, 2.75) is 30.2 Å². The zero-order chi connectivity index (χ0) is 24.8. The Balaban J connectivity index is 2.09. The summed E-state index contributed by atoms with van der Waals surface area (Å²) < 4.78 is 132. The summed E-state index contributed by atoms with van der Waals surface area (Å²) in [6.07, 6.45) is -8.72. The molecule has 0 saturated carbocycles. The molecular formula is C16H11F8N5O3S. The Kier molecular flexibility index (Phi) is 5.97. The minimum absolute atomic E-state index is 0.258. The first kappa shape index (κ1) is 24.5. The van der Waals surface area contributed by atoms with E-state index in [2.05, 4.69) is 24.8 Å². The van der Waals surface area contributed by atoms with Crippen LogP contribution in [0, 0.1) is 0 Å². The Labute approximate surface area is 179 Å². The van der Waals surface area contributed by atoms with E-state index in [1.54, 1.807) is 0 Å². The van der Waals surface area contributed by atoms with Gasteiger partial charge in [-0.25, -0.2) is 27.9 Å². The number of hydrogen-bond donors (Lipinski definition) is 0. The van der Waals surface area contributed by atoms with Crippen LogP contribution < -0.4 is 4.74 Å². The fourth-order valence-electron chi connectivity index (χ4n) is 2.49. The number of ether oxygens (including phenoxy) is 1. The summed E-state index contributed by atoms with van der Waals surface area (Å²) in [6, 6.07) is 0.565. The van der Waals surface area contributed by atoms with Gasteiger partial charge in [0.1, 0.15) is 5.69 Å². The molecule has 8 nitrogen and oxygen atoms in total. The van der Waals surface area contributed by atoms with Crippen molar-refractivity contribution in [3.63, 3.8) is 0 Å². The van der Waals surface area contributed by atoms with Crippen LogP contribution in [0.5, 0.6) is 5.88 Å². The molecule has 0 aromatic carbocycles. The maximum atomic E-state index is 13.3. The number of aromatic nitrogens is 5. The quantitative estimate of drug-likeness (QED) is 0.473. The summed E-state index contributed by atoms with van der Waals surface area (Å²) >= 11 is 0. The molecule has 0 amide bonds. The number of halogens is 8. The summed E-state index contributed by atoms with van der Waals surface area (Å²) in [4.78, 5) is 10.9. The summed E-state index contributed by atoms with van der Waals surface area (Å²) in [5, 5.41) is 2.73. The number of fused-ring (bicyclic) bond motifs is 1. The van der Waals surface area contributed by atoms with Crippen molar-refractivity contribution in [2.75, 3.05) is 12.4 Å². The van der Waals surface area contributed by atoms with E-state index in [0.717, 1.165) is 6.20 Å². The third-order valence-electron chi connectivity index (χ3n) is 4.15. The maximum Gasteiger partial charge on any atom is 0.456 e. The van der Waals surface area contributed by atoms with Crippen LogP contribution in [0.1, 0.15) is 12.6 Å². The summed E-state index contributed by atoms with van der Waals surface area (Å²) in [5.41, 5.74) is -2.75. The molecule has 3 rings (SSSR count). The molecule has 0 atom stereocenters. The second-order valence-corrected chi connectivity index (χ2v) is 8.57. The lowest BCUT2D eigenvalue weighted by Crippen LogP contribution is -2.41. The van der Waals surface area contributed by atoms with Crippen molar-refractivity contribution < 1.29 is 48.3 Å². The molecule has 0 N–H and O–H groups in total. The average molecular weight is 505 g/mol. The zero-order valence-electron chi connectivity index (χ0n) is 16.1. The molecule has 0 aliphatic carbocycles. The molecule has 0 spiro atoms. The van der Waals surface area contributed by atoms with Gasteiger partial charge < -0.3 is 4.74 Å². The van der Waals surface area contributed by atoms with Crippen LogP contribution in [-0.2, 0) is 16.0 Å². The third-order valence-corrected chi connectivity index (χ3v) is 5.79. The van der Waals surface area contributed by atoms with Gasteiger partial charge in [-0.1, -0.05) is 6.92 Å². The minimum Gasteiger partial charge on any atom is -0.470 e. The Morgan fingerprint density at radius 3 is 2.18 bits per heavy atom. The molecule has 17 heteroatoms. The molecule has 3 aromatic rings. The molecule has 0 bridgehead atoms. The van der Waals surface area contributed by atoms with E-state index in [0.29, 0.717) is 18.5 Å². The van der Waals surface area contributed by atoms with Crippen LogP contribution in [-0.4, -0.2) is 57.4 Å². The molecule has 33 heavy (non-hydrogen) atoms. The smallest absolute Gasteiger partial charge is 0.456 e. The molecular weight excluding hydrogens is 494 g/mol. The highest BCUT2D eigenvalue weighted by Crippen LogP contribution is 2.36. The first-order valence-electron chi connectivity index (χ1n) is 8.66. The third kappa shape index (κ3) is 4.67. The Morgan fingerprint density at radius 2 is 1.67 bits per heavy atom. The number of hydrogen-bond acceptors (Lipinski definition) is 7. The van der Waals surface area contributed by atoms with E-state index in [1.807, 2.05) is 0 Å². The fourth-order valence-corrected chi connectivity index (χ4v) is 3.47. The van der Waals surface area contributed by atoms with Crippen LogP contribution >= 0.6 is 0 Å². The average Bonchev–Trinajstić information content (AvgIpc) is 3.11. The van der Waals surface area contributed by atoms with Gasteiger partial charge in [-0.05, 0) is 6.07 Å². The number of nitrogens with zero attached hydrogens (tertiary/aromatic N) is 5. The maximum absolute atomic E-state index is 13.3. The van der Waals surface area contributed by atoms with Crippen LogP contribution in [0.15, 0.2) is 29.7 Å². The van der Waals surface area contributed by atoms with Crippen LogP contribution in [0.25, 0.3) is 16.9 Å². The monoisotopic (exact) mass is 505 g/mol. The predicted molar refractivity (Wildman–Crippen MR) is 93.2 cm³/mol. The highest BCUT2D eigenvalue weighted by atomic mass is 32.2. The molecule has 3 aromatic heterocycles. The van der Waals surface area contributed by atoms with E-state index in [9.17, 15) is 43.5 Å².